The van der Waals surface area contributed by atoms with Gasteiger partial charge in [0.1, 0.15) is 12.1 Å². The predicted octanol–water partition coefficient (Wildman–Crippen LogP) is 2.73. The van der Waals surface area contributed by atoms with Crippen molar-refractivity contribution in [1.82, 2.24) is 20.4 Å². The summed E-state index contributed by atoms with van der Waals surface area (Å²) in [5, 5.41) is 12.2. The Morgan fingerprint density at radius 2 is 1.79 bits per heavy atom. The van der Waals surface area contributed by atoms with Crippen LogP contribution in [0.3, 0.4) is 0 Å². The number of carbonyl (C=O) groups is 3. The number of nitrogens with zero attached hydrogens (tertiary/aromatic N) is 2. The zero-order chi connectivity index (χ0) is 21.6. The van der Waals surface area contributed by atoms with Crippen molar-refractivity contribution in [3.8, 4) is 0 Å². The number of aryl methyl sites for hydroxylation is 2. The fourth-order valence-corrected chi connectivity index (χ4v) is 3.40. The molecule has 1 fully saturated rings. The number of hydrogen-bond acceptors (Lipinski definition) is 4. The molecular formula is C21H27N5O3. The van der Waals surface area contributed by atoms with E-state index in [0.29, 0.717) is 22.6 Å². The summed E-state index contributed by atoms with van der Waals surface area (Å²) in [6.45, 7) is 11.1. The van der Waals surface area contributed by atoms with Crippen LogP contribution in [0.1, 0.15) is 50.2 Å². The van der Waals surface area contributed by atoms with Gasteiger partial charge < -0.3 is 10.6 Å². The summed E-state index contributed by atoms with van der Waals surface area (Å²) in [6, 6.07) is 7.02. The van der Waals surface area contributed by atoms with Crippen molar-refractivity contribution in [3.05, 3.63) is 46.8 Å². The highest BCUT2D eigenvalue weighted by molar-refractivity contribution is 6.10. The van der Waals surface area contributed by atoms with Crippen LogP contribution in [0.5, 0.6) is 0 Å². The summed E-state index contributed by atoms with van der Waals surface area (Å²) in [4.78, 5) is 38.9. The molecule has 29 heavy (non-hydrogen) atoms. The maximum atomic E-state index is 13.0. The number of hydrogen-bond donors (Lipinski definition) is 3. The van der Waals surface area contributed by atoms with Gasteiger partial charge in [0.15, 0.2) is 0 Å². The van der Waals surface area contributed by atoms with Gasteiger partial charge in [0.05, 0.1) is 17.1 Å². The molecule has 2 aromatic rings. The van der Waals surface area contributed by atoms with E-state index in [-0.39, 0.29) is 12.0 Å². The molecule has 1 aromatic carbocycles. The van der Waals surface area contributed by atoms with Crippen LogP contribution < -0.4 is 10.6 Å². The first-order valence-electron chi connectivity index (χ1n) is 9.50. The second-order valence-electron chi connectivity index (χ2n) is 8.63. The number of imide groups is 1. The molecule has 0 spiro atoms. The lowest BCUT2D eigenvalue weighted by Gasteiger charge is -2.24. The molecule has 1 aromatic heterocycles. The number of carbonyl (C=O) groups excluding carboxylic acids is 3. The molecule has 2 heterocycles. The minimum atomic E-state index is -1.21. The van der Waals surface area contributed by atoms with Gasteiger partial charge in [-0.1, -0.05) is 45.0 Å². The van der Waals surface area contributed by atoms with Crippen LogP contribution >= 0.6 is 0 Å². The zero-order valence-corrected chi connectivity index (χ0v) is 17.6. The number of rotatable bonds is 4. The van der Waals surface area contributed by atoms with Crippen LogP contribution in [-0.4, -0.2) is 39.5 Å². The minimum absolute atomic E-state index is 0.0180. The van der Waals surface area contributed by atoms with E-state index in [1.807, 2.05) is 24.3 Å². The van der Waals surface area contributed by atoms with Gasteiger partial charge in [-0.05, 0) is 37.3 Å². The standard InChI is InChI=1S/C21H27N5O3/c1-12-17(13(2)25-24-12)22-16(27)11-26-18(28)21(6,23-19(26)29)15-9-7-14(8-10-15)20(3,4)5/h7-10H,11H2,1-6H3,(H,22,27)(H,23,29)(H,24,25). The Morgan fingerprint density at radius 1 is 1.17 bits per heavy atom. The molecule has 1 unspecified atom stereocenters. The molecule has 3 rings (SSSR count). The average molecular weight is 397 g/mol. The average Bonchev–Trinajstić information content (AvgIpc) is 3.07. The maximum absolute atomic E-state index is 13.0. The Hall–Kier alpha value is -3.16. The Kier molecular flexibility index (Phi) is 4.98. The fraction of sp³-hybridized carbons (Fsp3) is 0.429. The molecule has 0 bridgehead atoms. The quantitative estimate of drug-likeness (QED) is 0.690. The van der Waals surface area contributed by atoms with Gasteiger partial charge in [-0.3, -0.25) is 19.6 Å². The van der Waals surface area contributed by atoms with Crippen molar-refractivity contribution >= 4 is 23.5 Å². The van der Waals surface area contributed by atoms with Gasteiger partial charge in [-0.25, -0.2) is 4.79 Å². The zero-order valence-electron chi connectivity index (χ0n) is 17.6. The number of benzene rings is 1. The first kappa shape index (κ1) is 20.6. The van der Waals surface area contributed by atoms with Crippen LogP contribution in [0.15, 0.2) is 24.3 Å². The third-order valence-electron chi connectivity index (χ3n) is 5.30. The lowest BCUT2D eigenvalue weighted by molar-refractivity contribution is -0.133. The lowest BCUT2D eigenvalue weighted by atomic mass is 9.84. The molecule has 1 aliphatic rings. The molecule has 4 amide bonds. The van der Waals surface area contributed by atoms with Crippen molar-refractivity contribution in [3.63, 3.8) is 0 Å². The van der Waals surface area contributed by atoms with E-state index < -0.39 is 23.4 Å². The molecule has 3 N–H and O–H groups in total. The van der Waals surface area contributed by atoms with Crippen molar-refractivity contribution in [1.29, 1.82) is 0 Å². The monoisotopic (exact) mass is 397 g/mol. The van der Waals surface area contributed by atoms with Crippen molar-refractivity contribution < 1.29 is 14.4 Å². The van der Waals surface area contributed by atoms with Gasteiger partial charge >= 0.3 is 6.03 Å². The van der Waals surface area contributed by atoms with Crippen molar-refractivity contribution in [2.24, 2.45) is 0 Å². The Labute approximate surface area is 170 Å². The van der Waals surface area contributed by atoms with E-state index in [9.17, 15) is 14.4 Å². The molecule has 8 nitrogen and oxygen atoms in total. The number of nitrogens with one attached hydrogen (secondary N) is 3. The Balaban J connectivity index is 1.77. The third-order valence-corrected chi connectivity index (χ3v) is 5.30. The van der Waals surface area contributed by atoms with E-state index in [2.05, 4.69) is 41.6 Å². The topological polar surface area (TPSA) is 107 Å². The lowest BCUT2D eigenvalue weighted by Crippen LogP contribution is -2.42. The number of amides is 4. The summed E-state index contributed by atoms with van der Waals surface area (Å²) in [5.41, 5.74) is 2.47. The molecule has 8 heteroatoms. The molecule has 1 saturated heterocycles. The molecule has 1 atom stereocenters. The Morgan fingerprint density at radius 3 is 2.31 bits per heavy atom. The summed E-state index contributed by atoms with van der Waals surface area (Å²) >= 11 is 0. The largest absolute Gasteiger partial charge is 0.325 e. The Bertz CT molecular complexity index is 952. The minimum Gasteiger partial charge on any atom is -0.321 e. The molecule has 0 aliphatic carbocycles. The van der Waals surface area contributed by atoms with Gasteiger partial charge in [0.25, 0.3) is 5.91 Å². The summed E-state index contributed by atoms with van der Waals surface area (Å²) in [7, 11) is 0. The van der Waals surface area contributed by atoms with Crippen molar-refractivity contribution in [2.75, 3.05) is 11.9 Å². The van der Waals surface area contributed by atoms with E-state index in [4.69, 9.17) is 0 Å². The van der Waals surface area contributed by atoms with Crippen LogP contribution in [0, 0.1) is 13.8 Å². The van der Waals surface area contributed by atoms with Gasteiger partial charge in [0.2, 0.25) is 5.91 Å². The predicted molar refractivity (Wildman–Crippen MR) is 109 cm³/mol. The number of aromatic nitrogens is 2. The van der Waals surface area contributed by atoms with Gasteiger partial charge in [0, 0.05) is 0 Å². The molecule has 0 radical (unpaired) electrons. The highest BCUT2D eigenvalue weighted by Crippen LogP contribution is 2.31. The van der Waals surface area contributed by atoms with Crippen LogP contribution in [0.25, 0.3) is 0 Å². The van der Waals surface area contributed by atoms with E-state index in [1.54, 1.807) is 20.8 Å². The maximum Gasteiger partial charge on any atom is 0.325 e. The molecule has 0 saturated carbocycles. The van der Waals surface area contributed by atoms with Gasteiger partial charge in [-0.15, -0.1) is 0 Å². The van der Waals surface area contributed by atoms with E-state index in [0.717, 1.165) is 10.5 Å². The van der Waals surface area contributed by atoms with Crippen LogP contribution in [0.4, 0.5) is 10.5 Å². The fourth-order valence-electron chi connectivity index (χ4n) is 3.40. The highest BCUT2D eigenvalue weighted by atomic mass is 16.2. The highest BCUT2D eigenvalue weighted by Gasteiger charge is 2.49. The second-order valence-corrected chi connectivity index (χ2v) is 8.63. The summed E-state index contributed by atoms with van der Waals surface area (Å²) in [6.07, 6.45) is 0. The molecule has 1 aliphatic heterocycles. The normalized spacial score (nSPS) is 19.4. The van der Waals surface area contributed by atoms with Crippen molar-refractivity contribution in [2.45, 2.75) is 52.5 Å². The smallest absolute Gasteiger partial charge is 0.321 e. The third kappa shape index (κ3) is 3.74. The number of anilines is 1. The first-order chi connectivity index (χ1) is 13.4. The molecular weight excluding hydrogens is 370 g/mol. The van der Waals surface area contributed by atoms with E-state index >= 15 is 0 Å². The number of aromatic amines is 1. The van der Waals surface area contributed by atoms with Crippen LogP contribution in [-0.2, 0) is 20.5 Å². The first-order valence-corrected chi connectivity index (χ1v) is 9.50. The van der Waals surface area contributed by atoms with Gasteiger partial charge in [-0.2, -0.15) is 5.10 Å². The summed E-state index contributed by atoms with van der Waals surface area (Å²) in [5.74, 6) is -0.921. The SMILES string of the molecule is Cc1n[nH]c(C)c1NC(=O)CN1C(=O)NC(C)(c2ccc(C(C)(C)C)cc2)C1=O. The summed E-state index contributed by atoms with van der Waals surface area (Å²) < 4.78 is 0. The molecule has 154 valence electrons. The van der Waals surface area contributed by atoms with Crippen LogP contribution in [0.2, 0.25) is 0 Å². The second kappa shape index (κ2) is 7.02. The number of H-pyrrole nitrogens is 1. The number of urea groups is 1. The van der Waals surface area contributed by atoms with E-state index in [1.165, 1.54) is 0 Å².